The van der Waals surface area contributed by atoms with Gasteiger partial charge in [0.2, 0.25) is 0 Å². The zero-order chi connectivity index (χ0) is 13.2. The van der Waals surface area contributed by atoms with Crippen LogP contribution in [0.4, 0.5) is 0 Å². The van der Waals surface area contributed by atoms with E-state index in [1.807, 2.05) is 43.5 Å². The molecule has 4 heteroatoms. The third kappa shape index (κ3) is 3.18. The molecule has 0 saturated heterocycles. The van der Waals surface area contributed by atoms with Crippen molar-refractivity contribution in [1.82, 2.24) is 4.98 Å². The minimum atomic E-state index is -0.355. The molecule has 1 heterocycles. The molecule has 2 aromatic rings. The van der Waals surface area contributed by atoms with Gasteiger partial charge in [0, 0.05) is 21.8 Å². The van der Waals surface area contributed by atoms with Gasteiger partial charge in [-0.15, -0.1) is 11.3 Å². The first-order chi connectivity index (χ1) is 8.50. The third-order valence-corrected chi connectivity index (χ3v) is 3.91. The van der Waals surface area contributed by atoms with Gasteiger partial charge in [0.05, 0.1) is 22.2 Å². The molecule has 0 N–H and O–H groups in total. The largest absolute Gasteiger partial charge is 0.241 e. The van der Waals surface area contributed by atoms with Crippen molar-refractivity contribution in [3.8, 4) is 17.3 Å². The standard InChI is InChI=1S/C14H13BrN2S/c1-14(2,9-16)7-13-17-12(8-18-13)10-4-3-5-11(15)6-10/h3-6,8H,7H2,1-2H3. The highest BCUT2D eigenvalue weighted by molar-refractivity contribution is 9.10. The van der Waals surface area contributed by atoms with Crippen molar-refractivity contribution in [2.24, 2.45) is 5.41 Å². The zero-order valence-electron chi connectivity index (χ0n) is 10.3. The number of nitriles is 1. The predicted molar refractivity (Wildman–Crippen MR) is 78.3 cm³/mol. The Bertz CT molecular complexity index is 596. The Balaban J connectivity index is 2.24. The molecule has 1 aromatic heterocycles. The molecule has 0 unspecified atom stereocenters. The maximum Gasteiger partial charge on any atom is 0.0948 e. The summed E-state index contributed by atoms with van der Waals surface area (Å²) in [5.74, 6) is 0. The van der Waals surface area contributed by atoms with Gasteiger partial charge < -0.3 is 0 Å². The monoisotopic (exact) mass is 320 g/mol. The summed E-state index contributed by atoms with van der Waals surface area (Å²) in [6, 6.07) is 10.4. The van der Waals surface area contributed by atoms with Crippen LogP contribution in [0.2, 0.25) is 0 Å². The summed E-state index contributed by atoms with van der Waals surface area (Å²) in [5, 5.41) is 12.1. The van der Waals surface area contributed by atoms with Crippen molar-refractivity contribution < 1.29 is 0 Å². The number of nitrogens with zero attached hydrogens (tertiary/aromatic N) is 2. The average molecular weight is 321 g/mol. The Labute approximate surface area is 119 Å². The first kappa shape index (κ1) is 13.3. The van der Waals surface area contributed by atoms with Gasteiger partial charge in [-0.25, -0.2) is 4.98 Å². The first-order valence-corrected chi connectivity index (χ1v) is 7.29. The topological polar surface area (TPSA) is 36.7 Å². The van der Waals surface area contributed by atoms with Gasteiger partial charge in [0.15, 0.2) is 0 Å². The Kier molecular flexibility index (Phi) is 3.84. The Hall–Kier alpha value is -1.18. The van der Waals surface area contributed by atoms with E-state index < -0.39 is 0 Å². The summed E-state index contributed by atoms with van der Waals surface area (Å²) in [6.45, 7) is 3.88. The SMILES string of the molecule is CC(C)(C#N)Cc1nc(-c2cccc(Br)c2)cs1. The van der Waals surface area contributed by atoms with Crippen molar-refractivity contribution in [1.29, 1.82) is 5.26 Å². The molecule has 0 atom stereocenters. The number of aromatic nitrogens is 1. The molecule has 0 radical (unpaired) electrons. The number of hydrogen-bond donors (Lipinski definition) is 0. The Morgan fingerprint density at radius 1 is 1.44 bits per heavy atom. The second kappa shape index (κ2) is 5.21. The Morgan fingerprint density at radius 3 is 2.89 bits per heavy atom. The van der Waals surface area contributed by atoms with Crippen LogP contribution in [-0.2, 0) is 6.42 Å². The molecular weight excluding hydrogens is 308 g/mol. The lowest BCUT2D eigenvalue weighted by Gasteiger charge is -2.11. The summed E-state index contributed by atoms with van der Waals surface area (Å²) in [4.78, 5) is 4.60. The summed E-state index contributed by atoms with van der Waals surface area (Å²) in [6.07, 6.45) is 0.697. The van der Waals surface area contributed by atoms with Gasteiger partial charge in [-0.3, -0.25) is 0 Å². The second-order valence-corrected chi connectivity index (χ2v) is 6.67. The Morgan fingerprint density at radius 2 is 2.22 bits per heavy atom. The van der Waals surface area contributed by atoms with Crippen molar-refractivity contribution in [2.75, 3.05) is 0 Å². The van der Waals surface area contributed by atoms with Gasteiger partial charge in [-0.1, -0.05) is 28.1 Å². The molecule has 0 aliphatic rings. The fourth-order valence-corrected chi connectivity index (χ4v) is 3.02. The fourth-order valence-electron chi connectivity index (χ4n) is 1.59. The van der Waals surface area contributed by atoms with Crippen molar-refractivity contribution in [3.63, 3.8) is 0 Å². The highest BCUT2D eigenvalue weighted by Crippen LogP contribution is 2.28. The first-order valence-electron chi connectivity index (χ1n) is 5.62. The van der Waals surface area contributed by atoms with Crippen LogP contribution in [0.1, 0.15) is 18.9 Å². The minimum Gasteiger partial charge on any atom is -0.241 e. The maximum atomic E-state index is 9.04. The lowest BCUT2D eigenvalue weighted by atomic mass is 9.92. The van der Waals surface area contributed by atoms with Crippen LogP contribution in [0.5, 0.6) is 0 Å². The molecule has 92 valence electrons. The molecule has 0 aliphatic heterocycles. The van der Waals surface area contributed by atoms with Crippen molar-refractivity contribution in [2.45, 2.75) is 20.3 Å². The molecule has 0 aliphatic carbocycles. The number of hydrogen-bond acceptors (Lipinski definition) is 3. The minimum absolute atomic E-state index is 0.355. The number of halogens is 1. The van der Waals surface area contributed by atoms with E-state index in [2.05, 4.69) is 27.0 Å². The highest BCUT2D eigenvalue weighted by atomic mass is 79.9. The molecule has 0 amide bonds. The van der Waals surface area contributed by atoms with Gasteiger partial charge >= 0.3 is 0 Å². The van der Waals surface area contributed by atoms with E-state index in [0.717, 1.165) is 20.7 Å². The third-order valence-electron chi connectivity index (χ3n) is 2.57. The lowest BCUT2D eigenvalue weighted by molar-refractivity contribution is 0.492. The van der Waals surface area contributed by atoms with Crippen LogP contribution >= 0.6 is 27.3 Å². The molecular formula is C14H13BrN2S. The smallest absolute Gasteiger partial charge is 0.0948 e. The summed E-state index contributed by atoms with van der Waals surface area (Å²) in [5.41, 5.74) is 1.72. The van der Waals surface area contributed by atoms with Gasteiger partial charge in [-0.2, -0.15) is 5.26 Å². The van der Waals surface area contributed by atoms with Gasteiger partial charge in [-0.05, 0) is 26.0 Å². The molecule has 2 nitrogen and oxygen atoms in total. The molecule has 1 aromatic carbocycles. The van der Waals surface area contributed by atoms with Gasteiger partial charge in [0.1, 0.15) is 0 Å². The van der Waals surface area contributed by atoms with E-state index in [1.165, 1.54) is 0 Å². The van der Waals surface area contributed by atoms with Crippen LogP contribution in [-0.4, -0.2) is 4.98 Å². The number of thiazole rings is 1. The molecule has 0 saturated carbocycles. The van der Waals surface area contributed by atoms with Crippen molar-refractivity contribution >= 4 is 27.3 Å². The lowest BCUT2D eigenvalue weighted by Crippen LogP contribution is -2.11. The van der Waals surface area contributed by atoms with Crippen molar-refractivity contribution in [3.05, 3.63) is 39.1 Å². The number of rotatable bonds is 3. The van der Waals surface area contributed by atoms with E-state index in [-0.39, 0.29) is 5.41 Å². The maximum absolute atomic E-state index is 9.04. The second-order valence-electron chi connectivity index (χ2n) is 4.81. The molecule has 18 heavy (non-hydrogen) atoms. The molecule has 0 bridgehead atoms. The summed E-state index contributed by atoms with van der Waals surface area (Å²) in [7, 11) is 0. The molecule has 0 fully saturated rings. The summed E-state index contributed by atoms with van der Waals surface area (Å²) < 4.78 is 1.05. The highest BCUT2D eigenvalue weighted by Gasteiger charge is 2.19. The summed E-state index contributed by atoms with van der Waals surface area (Å²) >= 11 is 5.07. The van der Waals surface area contributed by atoms with Crippen LogP contribution in [0.3, 0.4) is 0 Å². The van der Waals surface area contributed by atoms with E-state index in [9.17, 15) is 0 Å². The quantitative estimate of drug-likeness (QED) is 0.824. The van der Waals surface area contributed by atoms with E-state index >= 15 is 0 Å². The normalized spacial score (nSPS) is 11.2. The van der Waals surface area contributed by atoms with E-state index in [4.69, 9.17) is 5.26 Å². The van der Waals surface area contributed by atoms with Crippen LogP contribution in [0.15, 0.2) is 34.1 Å². The predicted octanol–water partition coefficient (Wildman–Crippen LogP) is 4.66. The fraction of sp³-hybridized carbons (Fsp3) is 0.286. The van der Waals surface area contributed by atoms with E-state index in [0.29, 0.717) is 6.42 Å². The average Bonchev–Trinajstić information content (AvgIpc) is 2.77. The van der Waals surface area contributed by atoms with Crippen LogP contribution < -0.4 is 0 Å². The zero-order valence-corrected chi connectivity index (χ0v) is 12.7. The van der Waals surface area contributed by atoms with E-state index in [1.54, 1.807) is 11.3 Å². The molecule has 0 spiro atoms. The van der Waals surface area contributed by atoms with Crippen LogP contribution in [0, 0.1) is 16.7 Å². The molecule has 2 rings (SSSR count). The van der Waals surface area contributed by atoms with Crippen LogP contribution in [0.25, 0.3) is 11.3 Å². The van der Waals surface area contributed by atoms with Gasteiger partial charge in [0.25, 0.3) is 0 Å². The number of benzene rings is 1.